The SMILES string of the molecule is CCOc1cccnc1OCCc1ccccc1N. The van der Waals surface area contributed by atoms with Crippen molar-refractivity contribution in [3.63, 3.8) is 0 Å². The molecule has 0 fully saturated rings. The van der Waals surface area contributed by atoms with Crippen molar-refractivity contribution in [1.29, 1.82) is 0 Å². The molecular weight excluding hydrogens is 240 g/mol. The van der Waals surface area contributed by atoms with Gasteiger partial charge in [-0.05, 0) is 30.7 Å². The Bertz CT molecular complexity index is 529. The Morgan fingerprint density at radius 2 is 1.95 bits per heavy atom. The molecule has 4 heteroatoms. The molecule has 0 radical (unpaired) electrons. The molecule has 1 aromatic carbocycles. The topological polar surface area (TPSA) is 57.4 Å². The third-order valence-corrected chi connectivity index (χ3v) is 2.70. The maximum absolute atomic E-state index is 5.88. The number of anilines is 1. The summed E-state index contributed by atoms with van der Waals surface area (Å²) in [7, 11) is 0. The Labute approximate surface area is 113 Å². The van der Waals surface area contributed by atoms with Crippen molar-refractivity contribution in [3.05, 3.63) is 48.2 Å². The molecule has 0 saturated carbocycles. The van der Waals surface area contributed by atoms with E-state index in [-0.39, 0.29) is 0 Å². The highest BCUT2D eigenvalue weighted by molar-refractivity contribution is 5.46. The van der Waals surface area contributed by atoms with Gasteiger partial charge in [-0.2, -0.15) is 0 Å². The number of pyridine rings is 1. The lowest BCUT2D eigenvalue weighted by Crippen LogP contribution is -2.06. The first-order valence-electron chi connectivity index (χ1n) is 6.35. The smallest absolute Gasteiger partial charge is 0.256 e. The van der Waals surface area contributed by atoms with E-state index in [1.807, 2.05) is 43.3 Å². The van der Waals surface area contributed by atoms with Crippen LogP contribution in [0.5, 0.6) is 11.6 Å². The number of nitrogen functional groups attached to an aromatic ring is 1. The van der Waals surface area contributed by atoms with Crippen LogP contribution < -0.4 is 15.2 Å². The summed E-state index contributed by atoms with van der Waals surface area (Å²) in [6.07, 6.45) is 2.43. The molecule has 0 saturated heterocycles. The fraction of sp³-hybridized carbons (Fsp3) is 0.267. The van der Waals surface area contributed by atoms with Gasteiger partial charge in [-0.15, -0.1) is 0 Å². The Hall–Kier alpha value is -2.23. The van der Waals surface area contributed by atoms with Crippen molar-refractivity contribution in [2.75, 3.05) is 18.9 Å². The molecule has 0 aliphatic rings. The van der Waals surface area contributed by atoms with Crippen LogP contribution >= 0.6 is 0 Å². The zero-order chi connectivity index (χ0) is 13.5. The van der Waals surface area contributed by atoms with Gasteiger partial charge < -0.3 is 15.2 Å². The van der Waals surface area contributed by atoms with Crippen LogP contribution in [0.25, 0.3) is 0 Å². The van der Waals surface area contributed by atoms with Crippen LogP contribution in [0.4, 0.5) is 5.69 Å². The van der Waals surface area contributed by atoms with Crippen molar-refractivity contribution in [2.45, 2.75) is 13.3 Å². The van der Waals surface area contributed by atoms with Crippen molar-refractivity contribution < 1.29 is 9.47 Å². The third kappa shape index (κ3) is 3.61. The molecule has 1 aromatic heterocycles. The molecule has 4 nitrogen and oxygen atoms in total. The molecular formula is C15H18N2O2. The van der Waals surface area contributed by atoms with Gasteiger partial charge in [0.1, 0.15) is 0 Å². The number of benzene rings is 1. The quantitative estimate of drug-likeness (QED) is 0.809. The first-order chi connectivity index (χ1) is 9.31. The highest BCUT2D eigenvalue weighted by Crippen LogP contribution is 2.23. The molecule has 0 aliphatic carbocycles. The van der Waals surface area contributed by atoms with Gasteiger partial charge in [0.05, 0.1) is 13.2 Å². The molecule has 1 heterocycles. The Balaban J connectivity index is 1.94. The molecule has 0 atom stereocenters. The number of aromatic nitrogens is 1. The molecule has 2 rings (SSSR count). The van der Waals surface area contributed by atoms with Gasteiger partial charge >= 0.3 is 0 Å². The fourth-order valence-electron chi connectivity index (χ4n) is 1.77. The second-order valence-electron chi connectivity index (χ2n) is 4.04. The molecule has 0 spiro atoms. The van der Waals surface area contributed by atoms with Gasteiger partial charge in [0.15, 0.2) is 5.75 Å². The van der Waals surface area contributed by atoms with E-state index in [0.29, 0.717) is 24.8 Å². The average molecular weight is 258 g/mol. The summed E-state index contributed by atoms with van der Waals surface area (Å²) in [6.45, 7) is 3.04. The maximum atomic E-state index is 5.88. The van der Waals surface area contributed by atoms with Crippen molar-refractivity contribution >= 4 is 5.69 Å². The van der Waals surface area contributed by atoms with E-state index in [2.05, 4.69) is 4.98 Å². The van der Waals surface area contributed by atoms with Crippen LogP contribution in [0.15, 0.2) is 42.6 Å². The van der Waals surface area contributed by atoms with E-state index < -0.39 is 0 Å². The summed E-state index contributed by atoms with van der Waals surface area (Å²) < 4.78 is 11.1. The summed E-state index contributed by atoms with van der Waals surface area (Å²) in [4.78, 5) is 4.17. The van der Waals surface area contributed by atoms with Gasteiger partial charge in [0.25, 0.3) is 5.88 Å². The predicted octanol–water partition coefficient (Wildman–Crippen LogP) is 2.68. The van der Waals surface area contributed by atoms with Crippen LogP contribution in [0, 0.1) is 0 Å². The number of hydrogen-bond acceptors (Lipinski definition) is 4. The van der Waals surface area contributed by atoms with Crippen LogP contribution in [-0.2, 0) is 6.42 Å². The van der Waals surface area contributed by atoms with Crippen molar-refractivity contribution in [3.8, 4) is 11.6 Å². The minimum atomic E-state index is 0.519. The molecule has 0 unspecified atom stereocenters. The minimum absolute atomic E-state index is 0.519. The Kier molecular flexibility index (Phi) is 4.61. The molecule has 19 heavy (non-hydrogen) atoms. The zero-order valence-electron chi connectivity index (χ0n) is 11.0. The molecule has 100 valence electrons. The van der Waals surface area contributed by atoms with Gasteiger partial charge in [0, 0.05) is 18.3 Å². The normalized spacial score (nSPS) is 10.2. The van der Waals surface area contributed by atoms with E-state index in [9.17, 15) is 0 Å². The van der Waals surface area contributed by atoms with E-state index in [4.69, 9.17) is 15.2 Å². The number of ether oxygens (including phenoxy) is 2. The van der Waals surface area contributed by atoms with Crippen molar-refractivity contribution in [2.24, 2.45) is 0 Å². The Morgan fingerprint density at radius 1 is 1.11 bits per heavy atom. The summed E-state index contributed by atoms with van der Waals surface area (Å²) in [5, 5.41) is 0. The number of nitrogens with two attached hydrogens (primary N) is 1. The van der Waals surface area contributed by atoms with Gasteiger partial charge in [0.2, 0.25) is 0 Å². The number of rotatable bonds is 6. The zero-order valence-corrected chi connectivity index (χ0v) is 11.0. The van der Waals surface area contributed by atoms with E-state index in [1.165, 1.54) is 0 Å². The van der Waals surface area contributed by atoms with Crippen LogP contribution in [0.3, 0.4) is 0 Å². The first-order valence-corrected chi connectivity index (χ1v) is 6.35. The monoisotopic (exact) mass is 258 g/mol. The second kappa shape index (κ2) is 6.64. The minimum Gasteiger partial charge on any atom is -0.488 e. The predicted molar refractivity (Wildman–Crippen MR) is 75.5 cm³/mol. The first kappa shape index (κ1) is 13.2. The molecule has 2 aromatic rings. The van der Waals surface area contributed by atoms with E-state index in [0.717, 1.165) is 17.7 Å². The average Bonchev–Trinajstić information content (AvgIpc) is 2.43. The molecule has 2 N–H and O–H groups in total. The van der Waals surface area contributed by atoms with Crippen LogP contribution in [0.2, 0.25) is 0 Å². The summed E-state index contributed by atoms with van der Waals surface area (Å²) in [5.74, 6) is 1.20. The number of para-hydroxylation sites is 1. The third-order valence-electron chi connectivity index (χ3n) is 2.70. The van der Waals surface area contributed by atoms with Gasteiger partial charge in [-0.25, -0.2) is 4.98 Å². The standard InChI is InChI=1S/C15H18N2O2/c1-2-18-14-8-5-10-17-15(14)19-11-9-12-6-3-4-7-13(12)16/h3-8,10H,2,9,11,16H2,1H3. The van der Waals surface area contributed by atoms with Crippen LogP contribution in [0.1, 0.15) is 12.5 Å². The number of hydrogen-bond donors (Lipinski definition) is 1. The van der Waals surface area contributed by atoms with Crippen LogP contribution in [-0.4, -0.2) is 18.2 Å². The second-order valence-corrected chi connectivity index (χ2v) is 4.04. The summed E-state index contributed by atoms with van der Waals surface area (Å²) in [6, 6.07) is 11.5. The van der Waals surface area contributed by atoms with Crippen molar-refractivity contribution in [1.82, 2.24) is 4.98 Å². The lowest BCUT2D eigenvalue weighted by Gasteiger charge is -2.10. The lowest BCUT2D eigenvalue weighted by atomic mass is 10.1. The Morgan fingerprint density at radius 3 is 2.74 bits per heavy atom. The maximum Gasteiger partial charge on any atom is 0.256 e. The molecule has 0 bridgehead atoms. The lowest BCUT2D eigenvalue weighted by molar-refractivity contribution is 0.269. The van der Waals surface area contributed by atoms with Gasteiger partial charge in [-0.3, -0.25) is 0 Å². The fourth-order valence-corrected chi connectivity index (χ4v) is 1.77. The van der Waals surface area contributed by atoms with Gasteiger partial charge in [-0.1, -0.05) is 18.2 Å². The summed E-state index contributed by atoms with van der Waals surface area (Å²) in [5.41, 5.74) is 7.75. The largest absolute Gasteiger partial charge is 0.488 e. The molecule has 0 aliphatic heterocycles. The number of nitrogens with zero attached hydrogens (tertiary/aromatic N) is 1. The van der Waals surface area contributed by atoms with E-state index in [1.54, 1.807) is 6.20 Å². The van der Waals surface area contributed by atoms with E-state index >= 15 is 0 Å². The molecule has 0 amide bonds. The summed E-state index contributed by atoms with van der Waals surface area (Å²) >= 11 is 0. The highest BCUT2D eigenvalue weighted by Gasteiger charge is 2.05. The highest BCUT2D eigenvalue weighted by atomic mass is 16.5.